The molecule has 2 amide bonds. The molecular formula is C34H56N2O12. The first-order chi connectivity index (χ1) is 22.6. The van der Waals surface area contributed by atoms with E-state index in [-0.39, 0.29) is 86.4 Å². The Morgan fingerprint density at radius 3 is 1.46 bits per heavy atom. The van der Waals surface area contributed by atoms with Crippen molar-refractivity contribution < 1.29 is 57.3 Å². The molecule has 14 nitrogen and oxygen atoms in total. The van der Waals surface area contributed by atoms with Gasteiger partial charge in [0.25, 0.3) is 0 Å². The van der Waals surface area contributed by atoms with Crippen LogP contribution in [-0.4, -0.2) is 112 Å². The predicted octanol–water partition coefficient (Wildman–Crippen LogP) is 1.77. The highest BCUT2D eigenvalue weighted by atomic mass is 16.6. The van der Waals surface area contributed by atoms with Crippen molar-refractivity contribution in [1.82, 2.24) is 10.6 Å². The molecule has 0 aromatic carbocycles. The molecule has 0 rings (SSSR count). The van der Waals surface area contributed by atoms with Gasteiger partial charge in [-0.3, -0.25) is 24.0 Å². The highest BCUT2D eigenvalue weighted by Gasteiger charge is 2.27. The van der Waals surface area contributed by atoms with Crippen LogP contribution in [-0.2, 0) is 57.3 Å². The molecule has 274 valence electrons. The van der Waals surface area contributed by atoms with E-state index in [1.54, 1.807) is 13.8 Å². The standard InChI is InChI=1S/C34H56N2O12/c1-23(18-25(3)37)32(42)22-29(20-27(5)39)34(44)35-9-11-46-13-15-48-17-16-47-14-12-45-10-7-8-31(41)30(21-28(6)40)36-33(43)24(2)19-26(4)38/h23-24,29-30H,7-22H2,1-6H3,(H,35,44)(H,36,43)/t23-,24-,29+,30-/m0/s1. The van der Waals surface area contributed by atoms with E-state index in [1.807, 2.05) is 0 Å². The number of ether oxygens (including phenoxy) is 4. The topological polar surface area (TPSA) is 198 Å². The minimum Gasteiger partial charge on any atom is -0.379 e. The normalized spacial score (nSPS) is 13.5. The Morgan fingerprint density at radius 1 is 0.500 bits per heavy atom. The minimum atomic E-state index is -0.923. The van der Waals surface area contributed by atoms with E-state index in [1.165, 1.54) is 27.7 Å². The number of nitrogens with one attached hydrogen (secondary N) is 2. The summed E-state index contributed by atoms with van der Waals surface area (Å²) in [4.78, 5) is 95.5. The molecule has 0 aromatic rings. The Kier molecular flexibility index (Phi) is 24.9. The third kappa shape index (κ3) is 24.0. The van der Waals surface area contributed by atoms with Crippen molar-refractivity contribution in [3.63, 3.8) is 0 Å². The van der Waals surface area contributed by atoms with Crippen molar-refractivity contribution in [1.29, 1.82) is 0 Å². The SMILES string of the molecule is CC(=O)C[C@H](CC(=O)[C@@H](C)CC(C)=O)C(=O)NCCOCCOCCOCCOCCCC(=O)[C@H](CC(C)=O)NC(=O)[C@@H](C)CC(C)=O. The smallest absolute Gasteiger partial charge is 0.224 e. The van der Waals surface area contributed by atoms with Gasteiger partial charge < -0.3 is 44.0 Å². The van der Waals surface area contributed by atoms with Crippen LogP contribution in [0.3, 0.4) is 0 Å². The molecule has 0 fully saturated rings. The van der Waals surface area contributed by atoms with Gasteiger partial charge in [-0.1, -0.05) is 13.8 Å². The van der Waals surface area contributed by atoms with Crippen LogP contribution in [0.15, 0.2) is 0 Å². The Hall–Kier alpha value is -3.20. The second-order valence-electron chi connectivity index (χ2n) is 12.2. The van der Waals surface area contributed by atoms with Crippen LogP contribution < -0.4 is 10.6 Å². The summed E-state index contributed by atoms with van der Waals surface area (Å²) in [7, 11) is 0. The Balaban J connectivity index is 3.98. The van der Waals surface area contributed by atoms with Gasteiger partial charge >= 0.3 is 0 Å². The molecule has 2 N–H and O–H groups in total. The lowest BCUT2D eigenvalue weighted by Crippen LogP contribution is -2.44. The maximum atomic E-state index is 12.6. The maximum absolute atomic E-state index is 12.6. The first kappa shape index (κ1) is 44.8. The molecule has 14 heteroatoms. The van der Waals surface area contributed by atoms with Gasteiger partial charge in [-0.2, -0.15) is 0 Å². The molecule has 0 saturated heterocycles. The van der Waals surface area contributed by atoms with Crippen molar-refractivity contribution in [3.8, 4) is 0 Å². The maximum Gasteiger partial charge on any atom is 0.224 e. The third-order valence-electron chi connectivity index (χ3n) is 7.11. The Morgan fingerprint density at radius 2 is 0.958 bits per heavy atom. The zero-order chi connectivity index (χ0) is 36.5. The van der Waals surface area contributed by atoms with Gasteiger partial charge in [-0.05, 0) is 34.1 Å². The molecule has 0 aliphatic heterocycles. The molecule has 4 atom stereocenters. The summed E-state index contributed by atoms with van der Waals surface area (Å²) < 4.78 is 21.8. The van der Waals surface area contributed by atoms with E-state index in [0.717, 1.165) is 0 Å². The van der Waals surface area contributed by atoms with E-state index in [4.69, 9.17) is 18.9 Å². The van der Waals surface area contributed by atoms with E-state index in [9.17, 15) is 38.4 Å². The Bertz CT molecular complexity index is 979. The van der Waals surface area contributed by atoms with E-state index >= 15 is 0 Å². The number of carbonyl (C=O) groups excluding carboxylic acids is 8. The van der Waals surface area contributed by atoms with Crippen LogP contribution >= 0.6 is 0 Å². The first-order valence-electron chi connectivity index (χ1n) is 16.6. The summed E-state index contributed by atoms with van der Waals surface area (Å²) in [5.74, 6) is -3.85. The molecule has 48 heavy (non-hydrogen) atoms. The average molecular weight is 685 g/mol. The molecule has 0 unspecified atom stereocenters. The van der Waals surface area contributed by atoms with Gasteiger partial charge in [-0.25, -0.2) is 0 Å². The van der Waals surface area contributed by atoms with Crippen molar-refractivity contribution in [2.24, 2.45) is 17.8 Å². The van der Waals surface area contributed by atoms with Crippen LogP contribution in [0.1, 0.15) is 86.5 Å². The predicted molar refractivity (Wildman–Crippen MR) is 175 cm³/mol. The number of carbonyl (C=O) groups is 8. The van der Waals surface area contributed by atoms with Crippen LogP contribution in [0.25, 0.3) is 0 Å². The summed E-state index contributed by atoms with van der Waals surface area (Å²) >= 11 is 0. The fourth-order valence-electron chi connectivity index (χ4n) is 4.64. The molecule has 0 bridgehead atoms. The second-order valence-corrected chi connectivity index (χ2v) is 12.2. The zero-order valence-corrected chi connectivity index (χ0v) is 29.5. The lowest BCUT2D eigenvalue weighted by atomic mass is 9.89. The fraction of sp³-hybridized carbons (Fsp3) is 0.765. The molecule has 0 aliphatic carbocycles. The van der Waals surface area contributed by atoms with Crippen LogP contribution in [0, 0.1) is 17.8 Å². The van der Waals surface area contributed by atoms with Gasteiger partial charge in [0.2, 0.25) is 11.8 Å². The van der Waals surface area contributed by atoms with Crippen molar-refractivity contribution in [2.45, 2.75) is 92.5 Å². The Labute approximate surface area is 284 Å². The number of hydrogen-bond donors (Lipinski definition) is 2. The second kappa shape index (κ2) is 26.7. The van der Waals surface area contributed by atoms with Crippen molar-refractivity contribution in [2.75, 3.05) is 59.4 Å². The summed E-state index contributed by atoms with van der Waals surface area (Å²) in [6.07, 6.45) is 0.472. The van der Waals surface area contributed by atoms with E-state index < -0.39 is 35.6 Å². The number of hydrogen-bond acceptors (Lipinski definition) is 12. The lowest BCUT2D eigenvalue weighted by molar-refractivity contribution is -0.134. The quantitative estimate of drug-likeness (QED) is 0.101. The molecule has 0 aromatic heterocycles. The summed E-state index contributed by atoms with van der Waals surface area (Å²) in [6, 6.07) is -0.923. The monoisotopic (exact) mass is 684 g/mol. The summed E-state index contributed by atoms with van der Waals surface area (Å²) in [5.41, 5.74) is 0. The van der Waals surface area contributed by atoms with Crippen LogP contribution in [0.2, 0.25) is 0 Å². The fourth-order valence-corrected chi connectivity index (χ4v) is 4.64. The van der Waals surface area contributed by atoms with Gasteiger partial charge in [0.1, 0.15) is 28.9 Å². The van der Waals surface area contributed by atoms with Crippen molar-refractivity contribution in [3.05, 3.63) is 0 Å². The summed E-state index contributed by atoms with van der Waals surface area (Å²) in [5, 5.41) is 5.28. The number of amides is 2. The molecule has 0 saturated carbocycles. The zero-order valence-electron chi connectivity index (χ0n) is 29.5. The lowest BCUT2D eigenvalue weighted by Gasteiger charge is -2.19. The molecule has 0 aliphatic rings. The highest BCUT2D eigenvalue weighted by molar-refractivity contribution is 5.94. The largest absolute Gasteiger partial charge is 0.379 e. The van der Waals surface area contributed by atoms with Crippen LogP contribution in [0.4, 0.5) is 0 Å². The van der Waals surface area contributed by atoms with E-state index in [2.05, 4.69) is 10.6 Å². The van der Waals surface area contributed by atoms with Gasteiger partial charge in [0, 0.05) is 63.5 Å². The van der Waals surface area contributed by atoms with Crippen molar-refractivity contribution >= 4 is 46.5 Å². The third-order valence-corrected chi connectivity index (χ3v) is 7.11. The van der Waals surface area contributed by atoms with Gasteiger partial charge in [0.05, 0.1) is 58.2 Å². The number of ketones is 6. The number of rotatable bonds is 31. The number of Topliss-reactive ketones (excluding diaryl/α,β-unsaturated/α-hetero) is 6. The van der Waals surface area contributed by atoms with E-state index in [0.29, 0.717) is 52.7 Å². The first-order valence-corrected chi connectivity index (χ1v) is 16.6. The van der Waals surface area contributed by atoms with Gasteiger partial charge in [-0.15, -0.1) is 0 Å². The van der Waals surface area contributed by atoms with Crippen LogP contribution in [0.5, 0.6) is 0 Å². The summed E-state index contributed by atoms with van der Waals surface area (Å²) in [6.45, 7) is 11.4. The molecule has 0 heterocycles. The minimum absolute atomic E-state index is 0.0508. The highest BCUT2D eigenvalue weighted by Crippen LogP contribution is 2.16. The molecule has 0 radical (unpaired) electrons. The average Bonchev–Trinajstić information content (AvgIpc) is 2.98. The van der Waals surface area contributed by atoms with Gasteiger partial charge in [0.15, 0.2) is 5.78 Å². The molecular weight excluding hydrogens is 628 g/mol. The molecule has 0 spiro atoms.